The van der Waals surface area contributed by atoms with Crippen molar-refractivity contribution in [3.63, 3.8) is 0 Å². The number of para-hydroxylation sites is 1. The van der Waals surface area contributed by atoms with Gasteiger partial charge >= 0.3 is 0 Å². The first-order chi connectivity index (χ1) is 9.78. The lowest BCUT2D eigenvalue weighted by Crippen LogP contribution is -2.42. The van der Waals surface area contributed by atoms with Crippen molar-refractivity contribution in [1.29, 1.82) is 0 Å². The lowest BCUT2D eigenvalue weighted by atomic mass is 9.85. The molecule has 1 aliphatic rings. The number of hydrazine groups is 1. The van der Waals surface area contributed by atoms with Crippen molar-refractivity contribution in [2.45, 2.75) is 24.8 Å². The van der Waals surface area contributed by atoms with Crippen LogP contribution < -0.4 is 16.0 Å². The predicted molar refractivity (Wildman–Crippen MR) is 83.4 cm³/mol. The van der Waals surface area contributed by atoms with E-state index in [1.165, 1.54) is 10.4 Å². The first-order valence-electron chi connectivity index (χ1n) is 6.70. The maximum absolute atomic E-state index is 6.00. The minimum atomic E-state index is 0.190. The predicted octanol–water partition coefficient (Wildman–Crippen LogP) is 3.34. The third kappa shape index (κ3) is 2.83. The summed E-state index contributed by atoms with van der Waals surface area (Å²) in [6.07, 6.45) is 1.86. The van der Waals surface area contributed by atoms with Crippen molar-refractivity contribution in [2.24, 2.45) is 5.84 Å². The molecule has 2 aromatic rings. The Morgan fingerprint density at radius 3 is 2.95 bits per heavy atom. The van der Waals surface area contributed by atoms with Crippen LogP contribution >= 0.6 is 22.9 Å². The van der Waals surface area contributed by atoms with E-state index in [1.54, 1.807) is 11.3 Å². The second-order valence-electron chi connectivity index (χ2n) is 4.96. The molecule has 3 rings (SSSR count). The molecule has 0 amide bonds. The van der Waals surface area contributed by atoms with Gasteiger partial charge in [-0.25, -0.2) is 0 Å². The Morgan fingerprint density at radius 1 is 1.35 bits per heavy atom. The third-order valence-electron chi connectivity index (χ3n) is 3.75. The van der Waals surface area contributed by atoms with Crippen molar-refractivity contribution < 1.29 is 4.74 Å². The molecule has 0 saturated carbocycles. The monoisotopic (exact) mass is 308 g/mol. The van der Waals surface area contributed by atoms with E-state index in [4.69, 9.17) is 22.2 Å². The third-order valence-corrected chi connectivity index (χ3v) is 5.01. The van der Waals surface area contributed by atoms with Gasteiger partial charge in [-0.1, -0.05) is 29.8 Å². The number of nitrogens with two attached hydrogens (primary N) is 1. The summed E-state index contributed by atoms with van der Waals surface area (Å²) < 4.78 is 6.54. The summed E-state index contributed by atoms with van der Waals surface area (Å²) in [7, 11) is 0. The molecule has 20 heavy (non-hydrogen) atoms. The molecule has 2 unspecified atom stereocenters. The molecule has 1 aromatic carbocycles. The highest BCUT2D eigenvalue weighted by Crippen LogP contribution is 2.37. The van der Waals surface area contributed by atoms with Crippen molar-refractivity contribution >= 4 is 22.9 Å². The topological polar surface area (TPSA) is 47.3 Å². The molecule has 2 heterocycles. The SMILES string of the molecule is NNC(Cc1ccc(Cl)s1)C1CCOc2ccccc21. The largest absolute Gasteiger partial charge is 0.493 e. The van der Waals surface area contributed by atoms with Gasteiger partial charge < -0.3 is 4.74 Å². The van der Waals surface area contributed by atoms with Crippen LogP contribution in [0, 0.1) is 0 Å². The Labute approximate surface area is 127 Å². The molecule has 3 nitrogen and oxygen atoms in total. The summed E-state index contributed by atoms with van der Waals surface area (Å²) in [4.78, 5) is 1.25. The van der Waals surface area contributed by atoms with E-state index >= 15 is 0 Å². The van der Waals surface area contributed by atoms with Gasteiger partial charge in [0.15, 0.2) is 0 Å². The molecule has 5 heteroatoms. The van der Waals surface area contributed by atoms with E-state index in [-0.39, 0.29) is 6.04 Å². The summed E-state index contributed by atoms with van der Waals surface area (Å²) in [5.74, 6) is 7.14. The number of ether oxygens (including phenoxy) is 1. The van der Waals surface area contributed by atoms with Gasteiger partial charge in [0.2, 0.25) is 0 Å². The first kappa shape index (κ1) is 13.9. The molecule has 1 aromatic heterocycles. The average Bonchev–Trinajstić information content (AvgIpc) is 2.89. The Balaban J connectivity index is 1.83. The van der Waals surface area contributed by atoms with Crippen LogP contribution in [-0.4, -0.2) is 12.6 Å². The number of benzene rings is 1. The number of hydrogen-bond acceptors (Lipinski definition) is 4. The molecule has 0 spiro atoms. The highest BCUT2D eigenvalue weighted by atomic mass is 35.5. The van der Waals surface area contributed by atoms with Gasteiger partial charge in [-0.05, 0) is 36.6 Å². The number of nitrogens with one attached hydrogen (secondary N) is 1. The maximum Gasteiger partial charge on any atom is 0.122 e. The first-order valence-corrected chi connectivity index (χ1v) is 7.89. The Morgan fingerprint density at radius 2 is 2.20 bits per heavy atom. The van der Waals surface area contributed by atoms with Crippen LogP contribution in [0.3, 0.4) is 0 Å². The number of thiophene rings is 1. The van der Waals surface area contributed by atoms with E-state index in [0.717, 1.165) is 29.5 Å². The number of hydrogen-bond donors (Lipinski definition) is 2. The van der Waals surface area contributed by atoms with E-state index in [1.807, 2.05) is 18.2 Å². The van der Waals surface area contributed by atoms with Gasteiger partial charge in [-0.3, -0.25) is 11.3 Å². The molecule has 0 saturated heterocycles. The average molecular weight is 309 g/mol. The summed E-state index contributed by atoms with van der Waals surface area (Å²) in [5, 5.41) is 0. The van der Waals surface area contributed by atoms with E-state index in [2.05, 4.69) is 23.6 Å². The molecule has 0 fully saturated rings. The second kappa shape index (κ2) is 6.14. The second-order valence-corrected chi connectivity index (χ2v) is 6.76. The smallest absolute Gasteiger partial charge is 0.122 e. The fourth-order valence-electron chi connectivity index (χ4n) is 2.78. The fourth-order valence-corrected chi connectivity index (χ4v) is 3.93. The standard InChI is InChI=1S/C15H17ClN2OS/c16-15-6-5-10(20-15)9-13(18-17)11-7-8-19-14-4-2-1-3-12(11)14/h1-6,11,13,18H,7-9,17H2. The number of halogens is 1. The molecule has 0 bridgehead atoms. The Bertz CT molecular complexity index is 587. The minimum Gasteiger partial charge on any atom is -0.493 e. The van der Waals surface area contributed by atoms with Gasteiger partial charge in [-0.2, -0.15) is 0 Å². The summed E-state index contributed by atoms with van der Waals surface area (Å²) in [6, 6.07) is 12.4. The van der Waals surface area contributed by atoms with Gasteiger partial charge in [-0.15, -0.1) is 11.3 Å². The van der Waals surface area contributed by atoms with E-state index in [0.29, 0.717) is 5.92 Å². The van der Waals surface area contributed by atoms with E-state index < -0.39 is 0 Å². The number of rotatable bonds is 4. The molecule has 3 N–H and O–H groups in total. The van der Waals surface area contributed by atoms with Crippen LogP contribution in [0.2, 0.25) is 4.34 Å². The maximum atomic E-state index is 6.00. The lowest BCUT2D eigenvalue weighted by Gasteiger charge is -2.31. The number of fused-ring (bicyclic) bond motifs is 1. The zero-order chi connectivity index (χ0) is 13.9. The lowest BCUT2D eigenvalue weighted by molar-refractivity contribution is 0.245. The van der Waals surface area contributed by atoms with E-state index in [9.17, 15) is 0 Å². The summed E-state index contributed by atoms with van der Waals surface area (Å²) in [5.41, 5.74) is 4.22. The Hall–Kier alpha value is -1.07. The zero-order valence-electron chi connectivity index (χ0n) is 11.0. The van der Waals surface area contributed by atoms with Crippen LogP contribution in [0.25, 0.3) is 0 Å². The van der Waals surface area contributed by atoms with Crippen molar-refractivity contribution in [3.8, 4) is 5.75 Å². The molecular weight excluding hydrogens is 292 g/mol. The molecule has 0 aliphatic carbocycles. The molecule has 106 valence electrons. The highest BCUT2D eigenvalue weighted by molar-refractivity contribution is 7.16. The van der Waals surface area contributed by atoms with Crippen molar-refractivity contribution in [1.82, 2.24) is 5.43 Å². The van der Waals surface area contributed by atoms with Gasteiger partial charge in [0.25, 0.3) is 0 Å². The normalized spacial score (nSPS) is 19.2. The summed E-state index contributed by atoms with van der Waals surface area (Å²) in [6.45, 7) is 0.741. The Kier molecular flexibility index (Phi) is 4.27. The van der Waals surface area contributed by atoms with Gasteiger partial charge in [0.1, 0.15) is 5.75 Å². The van der Waals surface area contributed by atoms with Crippen molar-refractivity contribution in [3.05, 3.63) is 51.2 Å². The van der Waals surface area contributed by atoms with Gasteiger partial charge in [0, 0.05) is 16.8 Å². The summed E-state index contributed by atoms with van der Waals surface area (Å²) >= 11 is 7.62. The van der Waals surface area contributed by atoms with Crippen LogP contribution in [0.4, 0.5) is 0 Å². The minimum absolute atomic E-state index is 0.190. The highest BCUT2D eigenvalue weighted by Gasteiger charge is 2.28. The molecular formula is C15H17ClN2OS. The molecule has 1 aliphatic heterocycles. The van der Waals surface area contributed by atoms with Crippen LogP contribution in [0.15, 0.2) is 36.4 Å². The zero-order valence-corrected chi connectivity index (χ0v) is 12.6. The van der Waals surface area contributed by atoms with Gasteiger partial charge in [0.05, 0.1) is 10.9 Å². The molecule has 0 radical (unpaired) electrons. The fraction of sp³-hybridized carbons (Fsp3) is 0.333. The molecule has 2 atom stereocenters. The van der Waals surface area contributed by atoms with Crippen LogP contribution in [0.1, 0.15) is 22.8 Å². The quantitative estimate of drug-likeness (QED) is 0.672. The van der Waals surface area contributed by atoms with Crippen molar-refractivity contribution in [2.75, 3.05) is 6.61 Å². The van der Waals surface area contributed by atoms with Crippen LogP contribution in [-0.2, 0) is 6.42 Å². The van der Waals surface area contributed by atoms with Crippen LogP contribution in [0.5, 0.6) is 5.75 Å².